The second-order valence-corrected chi connectivity index (χ2v) is 8.75. The number of hydrogen-bond donors (Lipinski definition) is 1. The Morgan fingerprint density at radius 2 is 1.74 bits per heavy atom. The molecule has 2 fully saturated rings. The van der Waals surface area contributed by atoms with Crippen LogP contribution in [-0.2, 0) is 11.2 Å². The van der Waals surface area contributed by atoms with Crippen molar-refractivity contribution in [3.63, 3.8) is 0 Å². The van der Waals surface area contributed by atoms with Crippen molar-refractivity contribution in [1.29, 1.82) is 0 Å². The van der Waals surface area contributed by atoms with E-state index in [0.717, 1.165) is 10.0 Å². The molecule has 2 aliphatic heterocycles. The molecule has 2 atom stereocenters. The first kappa shape index (κ1) is 18.7. The van der Waals surface area contributed by atoms with Crippen molar-refractivity contribution in [3.8, 4) is 0 Å². The summed E-state index contributed by atoms with van der Waals surface area (Å²) in [6, 6.07) is 11.8. The van der Waals surface area contributed by atoms with Crippen LogP contribution < -0.4 is 10.6 Å². The van der Waals surface area contributed by atoms with Crippen molar-refractivity contribution < 1.29 is 9.59 Å². The van der Waals surface area contributed by atoms with Gasteiger partial charge < -0.3 is 10.6 Å². The van der Waals surface area contributed by atoms with Crippen molar-refractivity contribution in [2.75, 3.05) is 11.4 Å². The predicted molar refractivity (Wildman–Crippen MR) is 109 cm³/mol. The van der Waals surface area contributed by atoms with E-state index in [1.165, 1.54) is 4.90 Å². The molecule has 2 aromatic rings. The van der Waals surface area contributed by atoms with Crippen LogP contribution in [0.4, 0.5) is 10.5 Å². The van der Waals surface area contributed by atoms with Crippen LogP contribution in [0, 0.1) is 0 Å². The van der Waals surface area contributed by atoms with E-state index in [0.29, 0.717) is 35.1 Å². The third kappa shape index (κ3) is 3.14. The standard InChI is InChI=1S/C19H16BrCl2N3O2/c20-12-3-1-11(2-4-12)8-19-9-15(23)10-24(19)18(27)25(17(19)26)16-6-13(21)5-14(22)7-16/h1-7,15H,8-10,23H2/t15-,19+/m0/s1. The number of imide groups is 1. The fourth-order valence-corrected chi connectivity index (χ4v) is 4.76. The van der Waals surface area contributed by atoms with Gasteiger partial charge in [0.25, 0.3) is 5.91 Å². The Morgan fingerprint density at radius 3 is 2.37 bits per heavy atom. The third-order valence-electron chi connectivity index (χ3n) is 5.07. The molecular formula is C19H16BrCl2N3O2. The van der Waals surface area contributed by atoms with Crippen molar-refractivity contribution in [2.45, 2.75) is 24.4 Å². The number of nitrogens with zero attached hydrogens (tertiary/aromatic N) is 2. The van der Waals surface area contributed by atoms with Gasteiger partial charge in [-0.1, -0.05) is 51.3 Å². The molecule has 0 unspecified atom stereocenters. The summed E-state index contributed by atoms with van der Waals surface area (Å²) in [6.07, 6.45) is 0.821. The van der Waals surface area contributed by atoms with E-state index >= 15 is 0 Å². The third-order valence-corrected chi connectivity index (χ3v) is 6.04. The smallest absolute Gasteiger partial charge is 0.326 e. The maximum atomic E-state index is 13.5. The summed E-state index contributed by atoms with van der Waals surface area (Å²) in [4.78, 5) is 29.3. The van der Waals surface area contributed by atoms with Crippen LogP contribution in [0.5, 0.6) is 0 Å². The number of fused-ring (bicyclic) bond motifs is 1. The van der Waals surface area contributed by atoms with Crippen molar-refractivity contribution in [3.05, 3.63) is 62.5 Å². The zero-order chi connectivity index (χ0) is 19.3. The number of carbonyl (C=O) groups excluding carboxylic acids is 2. The van der Waals surface area contributed by atoms with Crippen molar-refractivity contribution in [1.82, 2.24) is 4.90 Å². The Kier molecular flexibility index (Phi) is 4.71. The first-order valence-corrected chi connectivity index (χ1v) is 9.97. The zero-order valence-electron chi connectivity index (χ0n) is 14.2. The van der Waals surface area contributed by atoms with Crippen LogP contribution in [0.25, 0.3) is 0 Å². The van der Waals surface area contributed by atoms with E-state index in [2.05, 4.69) is 15.9 Å². The first-order chi connectivity index (χ1) is 12.8. The lowest BCUT2D eigenvalue weighted by Gasteiger charge is -2.28. The van der Waals surface area contributed by atoms with Gasteiger partial charge in [-0.15, -0.1) is 0 Å². The van der Waals surface area contributed by atoms with E-state index < -0.39 is 5.54 Å². The largest absolute Gasteiger partial charge is 0.332 e. The van der Waals surface area contributed by atoms with Gasteiger partial charge in [0.15, 0.2) is 0 Å². The van der Waals surface area contributed by atoms with Gasteiger partial charge in [0.1, 0.15) is 5.54 Å². The highest BCUT2D eigenvalue weighted by Gasteiger charge is 2.61. The molecule has 140 valence electrons. The molecule has 0 aliphatic carbocycles. The number of anilines is 1. The van der Waals surface area contributed by atoms with Gasteiger partial charge in [-0.25, -0.2) is 9.69 Å². The van der Waals surface area contributed by atoms with E-state index in [9.17, 15) is 9.59 Å². The number of carbonyl (C=O) groups is 2. The minimum Gasteiger partial charge on any atom is -0.326 e. The van der Waals surface area contributed by atoms with E-state index in [1.54, 1.807) is 23.1 Å². The van der Waals surface area contributed by atoms with Gasteiger partial charge in [-0.2, -0.15) is 0 Å². The fourth-order valence-electron chi connectivity index (χ4n) is 3.98. The molecule has 4 rings (SSSR count). The molecule has 2 heterocycles. The lowest BCUT2D eigenvalue weighted by Crippen LogP contribution is -2.47. The summed E-state index contributed by atoms with van der Waals surface area (Å²) >= 11 is 15.6. The van der Waals surface area contributed by atoms with Crippen LogP contribution in [0.2, 0.25) is 10.0 Å². The number of rotatable bonds is 3. The highest BCUT2D eigenvalue weighted by atomic mass is 79.9. The average molecular weight is 469 g/mol. The summed E-state index contributed by atoms with van der Waals surface area (Å²) < 4.78 is 0.952. The summed E-state index contributed by atoms with van der Waals surface area (Å²) in [5, 5.41) is 0.729. The molecule has 0 saturated carbocycles. The van der Waals surface area contributed by atoms with E-state index in [1.807, 2.05) is 24.3 Å². The highest BCUT2D eigenvalue weighted by molar-refractivity contribution is 9.10. The molecule has 2 aromatic carbocycles. The minimum atomic E-state index is -0.987. The van der Waals surface area contributed by atoms with Gasteiger partial charge in [-0.05, 0) is 42.3 Å². The Hall–Kier alpha value is -1.60. The second kappa shape index (κ2) is 6.78. The number of benzene rings is 2. The Morgan fingerprint density at radius 1 is 1.11 bits per heavy atom. The number of nitrogens with two attached hydrogens (primary N) is 1. The SMILES string of the molecule is N[C@@H]1CN2C(=O)N(c3cc(Cl)cc(Cl)c3)C(=O)[C@@]2(Cc2ccc(Br)cc2)C1. The summed E-state index contributed by atoms with van der Waals surface area (Å²) in [6.45, 7) is 0.339. The molecule has 2 saturated heterocycles. The van der Waals surface area contributed by atoms with Crippen molar-refractivity contribution >= 4 is 56.8 Å². The van der Waals surface area contributed by atoms with Crippen LogP contribution >= 0.6 is 39.1 Å². The van der Waals surface area contributed by atoms with Crippen LogP contribution in [0.1, 0.15) is 12.0 Å². The summed E-state index contributed by atoms with van der Waals surface area (Å²) in [7, 11) is 0. The molecular weight excluding hydrogens is 453 g/mol. The highest BCUT2D eigenvalue weighted by Crippen LogP contribution is 2.42. The number of hydrogen-bond acceptors (Lipinski definition) is 3. The Balaban J connectivity index is 1.76. The van der Waals surface area contributed by atoms with E-state index in [4.69, 9.17) is 28.9 Å². The number of halogens is 3. The van der Waals surface area contributed by atoms with Gasteiger partial charge >= 0.3 is 6.03 Å². The molecule has 0 spiro atoms. The zero-order valence-corrected chi connectivity index (χ0v) is 17.3. The van der Waals surface area contributed by atoms with Crippen LogP contribution in [0.3, 0.4) is 0 Å². The predicted octanol–water partition coefficient (Wildman–Crippen LogP) is 4.24. The first-order valence-electron chi connectivity index (χ1n) is 8.42. The van der Waals surface area contributed by atoms with Gasteiger partial charge in [0, 0.05) is 33.5 Å². The molecule has 0 radical (unpaired) electrons. The van der Waals surface area contributed by atoms with Crippen LogP contribution in [-0.4, -0.2) is 35.0 Å². The monoisotopic (exact) mass is 467 g/mol. The molecule has 0 aromatic heterocycles. The topological polar surface area (TPSA) is 66.6 Å². The summed E-state index contributed by atoms with van der Waals surface area (Å²) in [5.41, 5.74) is 6.48. The normalized spacial score (nSPS) is 24.7. The molecule has 3 amide bonds. The maximum absolute atomic E-state index is 13.5. The van der Waals surface area contributed by atoms with Gasteiger partial charge in [0.05, 0.1) is 5.69 Å². The molecule has 2 N–H and O–H groups in total. The van der Waals surface area contributed by atoms with Crippen molar-refractivity contribution in [2.24, 2.45) is 5.73 Å². The summed E-state index contributed by atoms with van der Waals surface area (Å²) in [5.74, 6) is -0.290. The lowest BCUT2D eigenvalue weighted by atomic mass is 9.87. The maximum Gasteiger partial charge on any atom is 0.332 e. The number of amides is 3. The fraction of sp³-hybridized carbons (Fsp3) is 0.263. The molecule has 27 heavy (non-hydrogen) atoms. The van der Waals surface area contributed by atoms with Gasteiger partial charge in [-0.3, -0.25) is 4.79 Å². The quantitative estimate of drug-likeness (QED) is 0.685. The number of urea groups is 1. The molecule has 2 aliphatic rings. The average Bonchev–Trinajstić information content (AvgIpc) is 3.01. The Labute approximate surface area is 175 Å². The molecule has 0 bridgehead atoms. The molecule has 8 heteroatoms. The van der Waals surface area contributed by atoms with Crippen LogP contribution in [0.15, 0.2) is 46.9 Å². The van der Waals surface area contributed by atoms with Gasteiger partial charge in [0.2, 0.25) is 0 Å². The minimum absolute atomic E-state index is 0.238. The van der Waals surface area contributed by atoms with E-state index in [-0.39, 0.29) is 18.0 Å². The lowest BCUT2D eigenvalue weighted by molar-refractivity contribution is -0.124. The second-order valence-electron chi connectivity index (χ2n) is 6.96. The Bertz CT molecular complexity index is 917. The molecule has 5 nitrogen and oxygen atoms in total.